The van der Waals surface area contributed by atoms with E-state index in [2.05, 4.69) is 5.32 Å². The van der Waals surface area contributed by atoms with E-state index in [1.54, 1.807) is 12.1 Å². The third-order valence-electron chi connectivity index (χ3n) is 3.44. The van der Waals surface area contributed by atoms with Gasteiger partial charge in [-0.3, -0.25) is 10.1 Å². The van der Waals surface area contributed by atoms with Crippen LogP contribution >= 0.6 is 0 Å². The molecular formula is C13H18N2O4. The average Bonchev–Trinajstić information content (AvgIpc) is 2.81. The first-order chi connectivity index (χ1) is 9.08. The summed E-state index contributed by atoms with van der Waals surface area (Å²) >= 11 is 0. The minimum atomic E-state index is -0.673. The van der Waals surface area contributed by atoms with Gasteiger partial charge in [0.25, 0.3) is 5.69 Å². The lowest BCUT2D eigenvalue weighted by Crippen LogP contribution is -2.37. The average molecular weight is 266 g/mol. The zero-order valence-electron chi connectivity index (χ0n) is 10.8. The molecule has 19 heavy (non-hydrogen) atoms. The number of non-ortho nitro benzene ring substituents is 1. The van der Waals surface area contributed by atoms with Crippen molar-refractivity contribution in [3.8, 4) is 0 Å². The van der Waals surface area contributed by atoms with Crippen LogP contribution in [0.5, 0.6) is 0 Å². The summed E-state index contributed by atoms with van der Waals surface area (Å²) in [6, 6.07) is 6.23. The number of hydrogen-bond acceptors (Lipinski definition) is 5. The van der Waals surface area contributed by atoms with Crippen molar-refractivity contribution >= 4 is 5.69 Å². The Bertz CT molecular complexity index is 435. The molecular weight excluding hydrogens is 248 g/mol. The van der Waals surface area contributed by atoms with Gasteiger partial charge in [0.1, 0.15) is 0 Å². The van der Waals surface area contributed by atoms with Crippen LogP contribution in [0.3, 0.4) is 0 Å². The number of nitrogens with one attached hydrogen (secondary N) is 1. The van der Waals surface area contributed by atoms with E-state index in [1.165, 1.54) is 12.1 Å². The Morgan fingerprint density at radius 3 is 2.74 bits per heavy atom. The zero-order chi connectivity index (χ0) is 13.8. The van der Waals surface area contributed by atoms with Crippen LogP contribution in [0.2, 0.25) is 0 Å². The fourth-order valence-electron chi connectivity index (χ4n) is 2.20. The third kappa shape index (κ3) is 3.50. The van der Waals surface area contributed by atoms with Crippen molar-refractivity contribution in [1.29, 1.82) is 0 Å². The predicted octanol–water partition coefficient (Wildman–Crippen LogP) is 1.40. The van der Waals surface area contributed by atoms with E-state index < -0.39 is 11.0 Å². The summed E-state index contributed by atoms with van der Waals surface area (Å²) < 4.78 is 5.43. The number of nitro groups is 1. The van der Waals surface area contributed by atoms with Crippen LogP contribution in [0.1, 0.15) is 25.0 Å². The zero-order valence-corrected chi connectivity index (χ0v) is 10.8. The maximum absolute atomic E-state index is 10.5. The summed E-state index contributed by atoms with van der Waals surface area (Å²) in [7, 11) is 0. The molecule has 104 valence electrons. The lowest BCUT2D eigenvalue weighted by molar-refractivity contribution is -0.384. The summed E-state index contributed by atoms with van der Waals surface area (Å²) in [4.78, 5) is 10.1. The molecule has 3 unspecified atom stereocenters. The monoisotopic (exact) mass is 266 g/mol. The smallest absolute Gasteiger partial charge is 0.269 e. The van der Waals surface area contributed by atoms with Crippen LogP contribution in [0.25, 0.3) is 0 Å². The van der Waals surface area contributed by atoms with Crippen LogP contribution < -0.4 is 5.32 Å². The Hall–Kier alpha value is -1.50. The number of benzene rings is 1. The molecule has 0 bridgehead atoms. The quantitative estimate of drug-likeness (QED) is 0.621. The number of nitro benzene ring substituents is 1. The molecule has 1 fully saturated rings. The summed E-state index contributed by atoms with van der Waals surface area (Å²) in [6.07, 6.45) is 0.423. The molecule has 1 heterocycles. The molecule has 0 aromatic heterocycles. The fourth-order valence-corrected chi connectivity index (χ4v) is 2.20. The van der Waals surface area contributed by atoms with Crippen LogP contribution in [0.4, 0.5) is 5.69 Å². The molecule has 2 N–H and O–H groups in total. The summed E-state index contributed by atoms with van der Waals surface area (Å²) in [5, 5.41) is 23.8. The highest BCUT2D eigenvalue weighted by Gasteiger charge is 2.24. The molecule has 1 aliphatic heterocycles. The highest BCUT2D eigenvalue weighted by molar-refractivity contribution is 5.33. The topological polar surface area (TPSA) is 84.6 Å². The molecule has 0 saturated carbocycles. The van der Waals surface area contributed by atoms with Crippen LogP contribution in [0.15, 0.2) is 24.3 Å². The van der Waals surface area contributed by atoms with Crippen molar-refractivity contribution in [2.75, 3.05) is 13.2 Å². The summed E-state index contributed by atoms with van der Waals surface area (Å²) in [5.74, 6) is 0. The molecule has 0 radical (unpaired) electrons. The van der Waals surface area contributed by atoms with E-state index in [0.29, 0.717) is 12.1 Å². The van der Waals surface area contributed by atoms with Gasteiger partial charge in [-0.25, -0.2) is 0 Å². The maximum atomic E-state index is 10.5. The Morgan fingerprint density at radius 1 is 1.53 bits per heavy atom. The standard InChI is InChI=1S/C13H18N2O4/c1-9-12(6-7-19-9)14-8-13(16)10-2-4-11(5-3-10)15(17)18/h2-5,9,12-14,16H,6-8H2,1H3. The third-order valence-corrected chi connectivity index (χ3v) is 3.44. The number of ether oxygens (including phenoxy) is 1. The van der Waals surface area contributed by atoms with Gasteiger partial charge in [0.15, 0.2) is 0 Å². The van der Waals surface area contributed by atoms with Gasteiger partial charge < -0.3 is 15.2 Å². The molecule has 6 nitrogen and oxygen atoms in total. The van der Waals surface area contributed by atoms with E-state index in [4.69, 9.17) is 4.74 Å². The number of nitrogens with zero attached hydrogens (tertiary/aromatic N) is 1. The van der Waals surface area contributed by atoms with Crippen molar-refractivity contribution < 1.29 is 14.8 Å². The van der Waals surface area contributed by atoms with Crippen molar-refractivity contribution in [3.63, 3.8) is 0 Å². The first-order valence-electron chi connectivity index (χ1n) is 6.35. The second-order valence-corrected chi connectivity index (χ2v) is 4.74. The molecule has 3 atom stereocenters. The first kappa shape index (κ1) is 13.9. The highest BCUT2D eigenvalue weighted by atomic mass is 16.6. The van der Waals surface area contributed by atoms with Crippen LogP contribution in [-0.4, -0.2) is 35.3 Å². The normalized spacial score (nSPS) is 24.3. The van der Waals surface area contributed by atoms with Gasteiger partial charge in [-0.2, -0.15) is 0 Å². The van der Waals surface area contributed by atoms with E-state index in [9.17, 15) is 15.2 Å². The molecule has 1 saturated heterocycles. The largest absolute Gasteiger partial charge is 0.387 e. The van der Waals surface area contributed by atoms with E-state index in [-0.39, 0.29) is 17.8 Å². The maximum Gasteiger partial charge on any atom is 0.269 e. The molecule has 0 spiro atoms. The molecule has 1 aliphatic rings. The van der Waals surface area contributed by atoms with Crippen molar-refractivity contribution in [3.05, 3.63) is 39.9 Å². The van der Waals surface area contributed by atoms with E-state index in [0.717, 1.165) is 13.0 Å². The SMILES string of the molecule is CC1OCCC1NCC(O)c1ccc([N+](=O)[O-])cc1. The van der Waals surface area contributed by atoms with E-state index >= 15 is 0 Å². The Kier molecular flexibility index (Phi) is 4.47. The second kappa shape index (κ2) is 6.10. The fraction of sp³-hybridized carbons (Fsp3) is 0.538. The lowest BCUT2D eigenvalue weighted by atomic mass is 10.1. The second-order valence-electron chi connectivity index (χ2n) is 4.74. The number of aliphatic hydroxyl groups is 1. The number of rotatable bonds is 5. The molecule has 2 rings (SSSR count). The van der Waals surface area contributed by atoms with Gasteiger partial charge >= 0.3 is 0 Å². The molecule has 1 aromatic carbocycles. The Morgan fingerprint density at radius 2 is 2.21 bits per heavy atom. The van der Waals surface area contributed by atoms with Crippen LogP contribution in [-0.2, 0) is 4.74 Å². The summed E-state index contributed by atoms with van der Waals surface area (Å²) in [6.45, 7) is 3.16. The lowest BCUT2D eigenvalue weighted by Gasteiger charge is -2.19. The number of aliphatic hydroxyl groups excluding tert-OH is 1. The molecule has 1 aromatic rings. The minimum absolute atomic E-state index is 0.0294. The van der Waals surface area contributed by atoms with Crippen LogP contribution in [0, 0.1) is 10.1 Å². The van der Waals surface area contributed by atoms with Gasteiger partial charge in [0.05, 0.1) is 17.1 Å². The van der Waals surface area contributed by atoms with Gasteiger partial charge in [-0.15, -0.1) is 0 Å². The minimum Gasteiger partial charge on any atom is -0.387 e. The van der Waals surface area contributed by atoms with Gasteiger partial charge in [0.2, 0.25) is 0 Å². The van der Waals surface area contributed by atoms with Crippen molar-refractivity contribution in [2.24, 2.45) is 0 Å². The first-order valence-corrected chi connectivity index (χ1v) is 6.35. The molecule has 0 amide bonds. The number of hydrogen-bond donors (Lipinski definition) is 2. The summed E-state index contributed by atoms with van der Waals surface area (Å²) in [5.41, 5.74) is 0.700. The Balaban J connectivity index is 1.88. The highest BCUT2D eigenvalue weighted by Crippen LogP contribution is 2.18. The van der Waals surface area contributed by atoms with Gasteiger partial charge in [0, 0.05) is 31.3 Å². The van der Waals surface area contributed by atoms with Gasteiger partial charge in [-0.1, -0.05) is 0 Å². The van der Waals surface area contributed by atoms with E-state index in [1.807, 2.05) is 6.92 Å². The Labute approximate surface area is 111 Å². The van der Waals surface area contributed by atoms with Crippen molar-refractivity contribution in [2.45, 2.75) is 31.6 Å². The predicted molar refractivity (Wildman–Crippen MR) is 69.9 cm³/mol. The molecule has 0 aliphatic carbocycles. The molecule has 6 heteroatoms. The van der Waals surface area contributed by atoms with Crippen molar-refractivity contribution in [1.82, 2.24) is 5.32 Å². The van der Waals surface area contributed by atoms with Gasteiger partial charge in [-0.05, 0) is 31.0 Å².